The van der Waals surface area contributed by atoms with Crippen molar-refractivity contribution in [2.75, 3.05) is 0 Å². The van der Waals surface area contributed by atoms with E-state index in [1.54, 1.807) is 16.8 Å². The van der Waals surface area contributed by atoms with Gasteiger partial charge in [-0.2, -0.15) is 0 Å². The fraction of sp³-hybridized carbons (Fsp3) is 0.615. The molecule has 1 heterocycles. The second-order valence-electron chi connectivity index (χ2n) is 5.21. The molecule has 0 bridgehead atoms. The maximum atomic E-state index is 12.7. The van der Waals surface area contributed by atoms with Gasteiger partial charge in [0.2, 0.25) is 5.92 Å². The number of alkyl halides is 2. The first-order valence-corrected chi connectivity index (χ1v) is 5.96. The molecular weight excluding hydrogens is 224 g/mol. The third kappa shape index (κ3) is 2.73. The average molecular weight is 241 g/mol. The second kappa shape index (κ2) is 4.24. The van der Waals surface area contributed by atoms with Crippen molar-refractivity contribution in [3.05, 3.63) is 34.2 Å². The van der Waals surface area contributed by atoms with E-state index in [0.29, 0.717) is 6.42 Å². The molecule has 4 heteroatoms. The first-order chi connectivity index (χ1) is 7.87. The number of hydrogen-bond donors (Lipinski definition) is 0. The molecule has 0 saturated heterocycles. The molecule has 1 aromatic heterocycles. The van der Waals surface area contributed by atoms with Crippen LogP contribution in [0.4, 0.5) is 8.78 Å². The van der Waals surface area contributed by atoms with Crippen molar-refractivity contribution in [2.24, 2.45) is 5.92 Å². The molecule has 0 aliphatic heterocycles. The number of pyridine rings is 1. The van der Waals surface area contributed by atoms with Crippen molar-refractivity contribution in [3.63, 3.8) is 0 Å². The Kier molecular flexibility index (Phi) is 3.06. The van der Waals surface area contributed by atoms with E-state index >= 15 is 0 Å². The Balaban J connectivity index is 2.08. The lowest BCUT2D eigenvalue weighted by Gasteiger charge is -2.35. The Morgan fingerprint density at radius 1 is 1.41 bits per heavy atom. The molecular formula is C13H17F2NO. The van der Waals surface area contributed by atoms with E-state index in [1.165, 1.54) is 6.07 Å². The van der Waals surface area contributed by atoms with Crippen LogP contribution in [-0.2, 0) is 6.42 Å². The summed E-state index contributed by atoms with van der Waals surface area (Å²) in [6.07, 6.45) is 2.40. The second-order valence-corrected chi connectivity index (χ2v) is 5.21. The molecule has 0 spiro atoms. The van der Waals surface area contributed by atoms with Gasteiger partial charge in [-0.05, 0) is 31.7 Å². The lowest BCUT2D eigenvalue weighted by molar-refractivity contribution is -0.109. The molecule has 0 unspecified atom stereocenters. The average Bonchev–Trinajstić information content (AvgIpc) is 2.17. The lowest BCUT2D eigenvalue weighted by atomic mass is 9.78. The maximum Gasteiger partial charge on any atom is 0.250 e. The van der Waals surface area contributed by atoms with Crippen LogP contribution in [0.3, 0.4) is 0 Å². The zero-order chi connectivity index (χ0) is 12.6. The SMILES string of the molecule is CC(C)n1cc(CC2CC(F)(F)C2)ccc1=O. The molecule has 1 saturated carbocycles. The highest BCUT2D eigenvalue weighted by molar-refractivity contribution is 5.13. The summed E-state index contributed by atoms with van der Waals surface area (Å²) < 4.78 is 27.1. The van der Waals surface area contributed by atoms with Crippen molar-refractivity contribution < 1.29 is 8.78 Å². The van der Waals surface area contributed by atoms with E-state index in [2.05, 4.69) is 0 Å². The van der Waals surface area contributed by atoms with Gasteiger partial charge < -0.3 is 4.57 Å². The smallest absolute Gasteiger partial charge is 0.250 e. The Morgan fingerprint density at radius 3 is 2.59 bits per heavy atom. The van der Waals surface area contributed by atoms with Gasteiger partial charge in [-0.25, -0.2) is 8.78 Å². The fourth-order valence-electron chi connectivity index (χ4n) is 2.34. The van der Waals surface area contributed by atoms with E-state index in [1.807, 2.05) is 13.8 Å². The van der Waals surface area contributed by atoms with Crippen molar-refractivity contribution in [1.82, 2.24) is 4.57 Å². The Morgan fingerprint density at radius 2 is 2.06 bits per heavy atom. The summed E-state index contributed by atoms with van der Waals surface area (Å²) >= 11 is 0. The fourth-order valence-corrected chi connectivity index (χ4v) is 2.34. The van der Waals surface area contributed by atoms with Crippen LogP contribution in [0.25, 0.3) is 0 Å². The van der Waals surface area contributed by atoms with Crippen LogP contribution < -0.4 is 5.56 Å². The molecule has 17 heavy (non-hydrogen) atoms. The van der Waals surface area contributed by atoms with Gasteiger partial charge in [0, 0.05) is 31.1 Å². The van der Waals surface area contributed by atoms with Gasteiger partial charge in [-0.15, -0.1) is 0 Å². The summed E-state index contributed by atoms with van der Waals surface area (Å²) in [6, 6.07) is 3.37. The highest BCUT2D eigenvalue weighted by Gasteiger charge is 2.44. The molecule has 0 amide bonds. The van der Waals surface area contributed by atoms with E-state index in [4.69, 9.17) is 0 Å². The third-order valence-corrected chi connectivity index (χ3v) is 3.25. The van der Waals surface area contributed by atoms with Crippen LogP contribution in [0.1, 0.15) is 38.3 Å². The number of halogens is 2. The van der Waals surface area contributed by atoms with E-state index in [0.717, 1.165) is 5.56 Å². The largest absolute Gasteiger partial charge is 0.313 e. The van der Waals surface area contributed by atoms with E-state index in [9.17, 15) is 13.6 Å². The normalized spacial score (nSPS) is 19.4. The Bertz CT molecular complexity index is 457. The van der Waals surface area contributed by atoms with Gasteiger partial charge in [-0.3, -0.25) is 4.79 Å². The van der Waals surface area contributed by atoms with Gasteiger partial charge in [-0.1, -0.05) is 6.07 Å². The standard InChI is InChI=1S/C13H17F2NO/c1-9(2)16-8-10(3-4-12(16)17)5-11-6-13(14,15)7-11/h3-4,8-9,11H,5-7H2,1-2H3. The van der Waals surface area contributed by atoms with Gasteiger partial charge in [0.25, 0.3) is 5.56 Å². The summed E-state index contributed by atoms with van der Waals surface area (Å²) in [4.78, 5) is 11.5. The molecule has 0 aromatic carbocycles. The summed E-state index contributed by atoms with van der Waals surface area (Å²) in [5.41, 5.74) is 0.932. The third-order valence-electron chi connectivity index (χ3n) is 3.25. The van der Waals surface area contributed by atoms with Crippen molar-refractivity contribution in [3.8, 4) is 0 Å². The van der Waals surface area contributed by atoms with Crippen LogP contribution in [0.2, 0.25) is 0 Å². The van der Waals surface area contributed by atoms with E-state index < -0.39 is 5.92 Å². The lowest BCUT2D eigenvalue weighted by Crippen LogP contribution is -2.36. The molecule has 2 nitrogen and oxygen atoms in total. The zero-order valence-electron chi connectivity index (χ0n) is 10.1. The first kappa shape index (κ1) is 12.3. The van der Waals surface area contributed by atoms with E-state index in [-0.39, 0.29) is 30.4 Å². The van der Waals surface area contributed by atoms with Crippen LogP contribution >= 0.6 is 0 Å². The molecule has 1 aromatic rings. The number of rotatable bonds is 3. The molecule has 0 atom stereocenters. The monoisotopic (exact) mass is 241 g/mol. The summed E-state index contributed by atoms with van der Waals surface area (Å²) in [6.45, 7) is 3.87. The first-order valence-electron chi connectivity index (χ1n) is 5.96. The number of hydrogen-bond acceptors (Lipinski definition) is 1. The maximum absolute atomic E-state index is 12.7. The predicted molar refractivity (Wildman–Crippen MR) is 62.5 cm³/mol. The minimum atomic E-state index is -2.46. The Labute approximate surface area is 99.3 Å². The van der Waals surface area contributed by atoms with Crippen LogP contribution in [0.15, 0.2) is 23.1 Å². The van der Waals surface area contributed by atoms with Gasteiger partial charge in [0.05, 0.1) is 0 Å². The van der Waals surface area contributed by atoms with Gasteiger partial charge in [0.15, 0.2) is 0 Å². The molecule has 1 aliphatic rings. The quantitative estimate of drug-likeness (QED) is 0.797. The highest BCUT2D eigenvalue weighted by atomic mass is 19.3. The molecule has 0 N–H and O–H groups in total. The van der Waals surface area contributed by atoms with Gasteiger partial charge in [0.1, 0.15) is 0 Å². The highest BCUT2D eigenvalue weighted by Crippen LogP contribution is 2.43. The predicted octanol–water partition coefficient (Wildman–Crippen LogP) is 3.02. The molecule has 0 radical (unpaired) electrons. The molecule has 2 rings (SSSR count). The molecule has 94 valence electrons. The topological polar surface area (TPSA) is 22.0 Å². The Hall–Kier alpha value is -1.19. The number of nitrogens with zero attached hydrogens (tertiary/aromatic N) is 1. The molecule has 1 aliphatic carbocycles. The summed E-state index contributed by atoms with van der Waals surface area (Å²) in [5, 5.41) is 0. The van der Waals surface area contributed by atoms with Gasteiger partial charge >= 0.3 is 0 Å². The molecule has 1 fully saturated rings. The summed E-state index contributed by atoms with van der Waals surface area (Å²) in [5.74, 6) is -2.40. The van der Waals surface area contributed by atoms with Crippen molar-refractivity contribution in [2.45, 2.75) is 45.1 Å². The van der Waals surface area contributed by atoms with Crippen molar-refractivity contribution >= 4 is 0 Å². The minimum absolute atomic E-state index is 0.0200. The van der Waals surface area contributed by atoms with Crippen LogP contribution in [0.5, 0.6) is 0 Å². The number of aromatic nitrogens is 1. The zero-order valence-corrected chi connectivity index (χ0v) is 10.1. The minimum Gasteiger partial charge on any atom is -0.313 e. The van der Waals surface area contributed by atoms with Crippen LogP contribution in [-0.4, -0.2) is 10.5 Å². The van der Waals surface area contributed by atoms with Crippen LogP contribution in [0, 0.1) is 5.92 Å². The van der Waals surface area contributed by atoms with Crippen molar-refractivity contribution in [1.29, 1.82) is 0 Å². The summed E-state index contributed by atoms with van der Waals surface area (Å²) in [7, 11) is 0.